The number of aromatic nitrogens is 5. The van der Waals surface area contributed by atoms with Crippen LogP contribution in [0.25, 0.3) is 11.2 Å². The number of amides is 2. The van der Waals surface area contributed by atoms with Gasteiger partial charge < -0.3 is 39.0 Å². The highest BCUT2D eigenvalue weighted by Gasteiger charge is 2.58. The van der Waals surface area contributed by atoms with Gasteiger partial charge in [0, 0.05) is 77.2 Å². The van der Waals surface area contributed by atoms with Crippen molar-refractivity contribution in [3.05, 3.63) is 52.8 Å². The number of fused-ring (bicyclic) bond motifs is 4. The second-order valence-corrected chi connectivity index (χ2v) is 16.1. The van der Waals surface area contributed by atoms with Crippen LogP contribution in [0.15, 0.2) is 30.6 Å². The number of hydrogen-bond acceptors (Lipinski definition) is 13. The molecular weight excluding hydrogens is 753 g/mol. The van der Waals surface area contributed by atoms with Crippen LogP contribution in [0.3, 0.4) is 0 Å². The molecule has 1 spiro atoms. The Bertz CT molecular complexity index is 2190. The third-order valence-electron chi connectivity index (χ3n) is 13.5. The van der Waals surface area contributed by atoms with Crippen molar-refractivity contribution in [1.82, 2.24) is 45.0 Å². The van der Waals surface area contributed by atoms with Gasteiger partial charge in [-0.2, -0.15) is 0 Å². The molecule has 4 aliphatic rings. The SMILES string of the molecule is CCN1CCc2cc(OC)c(OC)cc2C1C1CC(C(=O)N2CCN(c3ncnc4c3nnn4C)CC2)CCC12c1cc(OC)c(OC)cc1CCN2C(=O)CCNC. The molecule has 0 radical (unpaired) electrons. The van der Waals surface area contributed by atoms with E-state index in [0.29, 0.717) is 106 Å². The summed E-state index contributed by atoms with van der Waals surface area (Å²) in [5.41, 5.74) is 5.21. The van der Waals surface area contributed by atoms with Crippen LogP contribution in [0.2, 0.25) is 0 Å². The molecule has 1 saturated carbocycles. The predicted octanol–water partition coefficient (Wildman–Crippen LogP) is 3.37. The zero-order valence-electron chi connectivity index (χ0n) is 35.5. The number of piperazine rings is 1. The number of nitrogens with zero attached hydrogens (tertiary/aromatic N) is 9. The number of benzene rings is 2. The molecule has 0 bridgehead atoms. The monoisotopic (exact) mass is 810 g/mol. The summed E-state index contributed by atoms with van der Waals surface area (Å²) in [5, 5.41) is 11.7. The Morgan fingerprint density at radius 2 is 1.54 bits per heavy atom. The van der Waals surface area contributed by atoms with Crippen molar-refractivity contribution >= 4 is 28.8 Å². The maximum absolute atomic E-state index is 15.0. The maximum atomic E-state index is 15.0. The van der Waals surface area contributed by atoms with E-state index in [4.69, 9.17) is 18.9 Å². The molecule has 2 fully saturated rings. The molecule has 16 nitrogen and oxygen atoms in total. The molecule has 59 heavy (non-hydrogen) atoms. The Hall–Kier alpha value is -5.22. The second kappa shape index (κ2) is 16.8. The van der Waals surface area contributed by atoms with Gasteiger partial charge in [0.25, 0.3) is 0 Å². The number of ether oxygens (including phenoxy) is 4. The van der Waals surface area contributed by atoms with Gasteiger partial charge in [0.05, 0.1) is 34.0 Å². The summed E-state index contributed by atoms with van der Waals surface area (Å²) in [4.78, 5) is 47.5. The molecule has 2 aromatic carbocycles. The van der Waals surface area contributed by atoms with Crippen molar-refractivity contribution < 1.29 is 28.5 Å². The average Bonchev–Trinajstić information content (AvgIpc) is 3.67. The van der Waals surface area contributed by atoms with Crippen LogP contribution in [0.5, 0.6) is 23.0 Å². The normalized spacial score (nSPS) is 23.2. The maximum Gasteiger partial charge on any atom is 0.225 e. The number of rotatable bonds is 11. The lowest BCUT2D eigenvalue weighted by Gasteiger charge is -2.59. The van der Waals surface area contributed by atoms with Crippen molar-refractivity contribution in [1.29, 1.82) is 0 Å². The summed E-state index contributed by atoms with van der Waals surface area (Å²) >= 11 is 0. The van der Waals surface area contributed by atoms with Crippen molar-refractivity contribution in [2.24, 2.45) is 18.9 Å². The summed E-state index contributed by atoms with van der Waals surface area (Å²) < 4.78 is 25.2. The van der Waals surface area contributed by atoms with Crippen molar-refractivity contribution in [2.75, 3.05) is 92.7 Å². The first kappa shape index (κ1) is 40.6. The fraction of sp³-hybridized carbons (Fsp3) is 0.581. The fourth-order valence-corrected chi connectivity index (χ4v) is 10.6. The summed E-state index contributed by atoms with van der Waals surface area (Å²) in [7, 11) is 10.4. The summed E-state index contributed by atoms with van der Waals surface area (Å²) in [6.07, 6.45) is 5.34. The van der Waals surface area contributed by atoms with Gasteiger partial charge in [-0.3, -0.25) is 14.5 Å². The molecule has 5 heterocycles. The van der Waals surface area contributed by atoms with Gasteiger partial charge in [-0.1, -0.05) is 12.1 Å². The Kier molecular flexibility index (Phi) is 11.5. The number of methoxy groups -OCH3 is 4. The topological polar surface area (TPSA) is 153 Å². The molecule has 16 heteroatoms. The van der Waals surface area contributed by atoms with Crippen LogP contribution in [-0.4, -0.2) is 139 Å². The van der Waals surface area contributed by atoms with Crippen LogP contribution in [0, 0.1) is 11.8 Å². The first-order chi connectivity index (χ1) is 28.7. The molecule has 1 saturated heterocycles. The smallest absolute Gasteiger partial charge is 0.225 e. The Labute approximate surface area is 346 Å². The summed E-state index contributed by atoms with van der Waals surface area (Å²) in [5.74, 6) is 3.29. The standard InChI is InChI=1S/C43H58N10O6/c1-8-50-15-11-27-22-33(56-4)35(58-6)24-30(27)39(50)32-21-29(42(55)52-19-17-51(18-20-52)41-38-40(45-26-46-41)49(3)48-47-38)9-13-43(32)31-25-36(59-7)34(57-5)23-28(31)12-16-53(43)37(54)10-14-44-2/h22-26,29,32,39,44H,8-21H2,1-7H3. The fourth-order valence-electron chi connectivity index (χ4n) is 10.6. The van der Waals surface area contributed by atoms with Crippen LogP contribution in [0.1, 0.15) is 60.9 Å². The van der Waals surface area contributed by atoms with Crippen LogP contribution < -0.4 is 29.2 Å². The second-order valence-electron chi connectivity index (χ2n) is 16.1. The number of likely N-dealkylation sites (N-methyl/N-ethyl adjacent to an activating group) is 1. The number of hydrogen-bond donors (Lipinski definition) is 1. The van der Waals surface area contributed by atoms with Gasteiger partial charge in [-0.15, -0.1) is 5.10 Å². The third-order valence-corrected chi connectivity index (χ3v) is 13.5. The Morgan fingerprint density at radius 3 is 2.24 bits per heavy atom. The van der Waals surface area contributed by atoms with Crippen molar-refractivity contribution in [3.63, 3.8) is 0 Å². The molecule has 4 atom stereocenters. The molecular formula is C43H58N10O6. The van der Waals surface area contributed by atoms with E-state index in [1.165, 1.54) is 5.56 Å². The number of aryl methyl sites for hydroxylation is 1. The van der Waals surface area contributed by atoms with Crippen LogP contribution >= 0.6 is 0 Å². The minimum absolute atomic E-state index is 0.110. The lowest BCUT2D eigenvalue weighted by Crippen LogP contribution is -2.63. The summed E-state index contributed by atoms with van der Waals surface area (Å²) in [6.45, 7) is 7.38. The molecule has 4 unspecified atom stereocenters. The summed E-state index contributed by atoms with van der Waals surface area (Å²) in [6, 6.07) is 8.37. The van der Waals surface area contributed by atoms with E-state index in [0.717, 1.165) is 42.0 Å². The number of carbonyl (C=O) groups is 2. The predicted molar refractivity (Wildman–Crippen MR) is 222 cm³/mol. The largest absolute Gasteiger partial charge is 0.493 e. The molecule has 2 aromatic heterocycles. The molecule has 3 aliphatic heterocycles. The number of anilines is 1. The van der Waals surface area contributed by atoms with Crippen molar-refractivity contribution in [3.8, 4) is 23.0 Å². The van der Waals surface area contributed by atoms with Gasteiger partial charge in [0.15, 0.2) is 40.0 Å². The minimum atomic E-state index is -0.734. The molecule has 1 aliphatic carbocycles. The molecule has 1 N–H and O–H groups in total. The average molecular weight is 811 g/mol. The van der Waals surface area contributed by atoms with E-state index >= 15 is 0 Å². The van der Waals surface area contributed by atoms with E-state index in [-0.39, 0.29) is 29.7 Å². The highest BCUT2D eigenvalue weighted by molar-refractivity contribution is 5.83. The zero-order chi connectivity index (χ0) is 41.4. The lowest BCUT2D eigenvalue weighted by molar-refractivity contribution is -0.153. The Balaban J connectivity index is 1.22. The van der Waals surface area contributed by atoms with E-state index in [9.17, 15) is 9.59 Å². The molecule has 8 rings (SSSR count). The Morgan fingerprint density at radius 1 is 0.864 bits per heavy atom. The zero-order valence-corrected chi connectivity index (χ0v) is 35.5. The quantitative estimate of drug-likeness (QED) is 0.236. The first-order valence-corrected chi connectivity index (χ1v) is 20.9. The van der Waals surface area contributed by atoms with E-state index in [1.807, 2.05) is 19.0 Å². The van der Waals surface area contributed by atoms with Gasteiger partial charge in [0.2, 0.25) is 11.8 Å². The van der Waals surface area contributed by atoms with Gasteiger partial charge in [-0.25, -0.2) is 14.6 Å². The third kappa shape index (κ3) is 6.97. The van der Waals surface area contributed by atoms with Crippen molar-refractivity contribution in [2.45, 2.75) is 57.0 Å². The van der Waals surface area contributed by atoms with E-state index in [2.05, 4.69) is 71.5 Å². The van der Waals surface area contributed by atoms with Crippen LogP contribution in [0.4, 0.5) is 5.82 Å². The highest BCUT2D eigenvalue weighted by atomic mass is 16.5. The minimum Gasteiger partial charge on any atom is -0.493 e. The van der Waals surface area contributed by atoms with Gasteiger partial charge in [0.1, 0.15) is 6.33 Å². The lowest BCUT2D eigenvalue weighted by atomic mass is 9.58. The van der Waals surface area contributed by atoms with E-state index < -0.39 is 5.54 Å². The molecule has 2 amide bonds. The van der Waals surface area contributed by atoms with Gasteiger partial charge >= 0.3 is 0 Å². The molecule has 316 valence electrons. The first-order valence-electron chi connectivity index (χ1n) is 20.9. The van der Waals surface area contributed by atoms with E-state index in [1.54, 1.807) is 39.4 Å². The number of carbonyl (C=O) groups excluding carboxylic acids is 2. The van der Waals surface area contributed by atoms with Crippen LogP contribution in [-0.2, 0) is 35.0 Å². The number of nitrogens with one attached hydrogen (secondary N) is 1. The van der Waals surface area contributed by atoms with Gasteiger partial charge in [-0.05, 0) is 92.2 Å². The molecule has 4 aromatic rings. The highest BCUT2D eigenvalue weighted by Crippen LogP contribution is 2.59.